The molecule has 5 heteroatoms. The van der Waals surface area contributed by atoms with E-state index in [4.69, 9.17) is 11.6 Å². The van der Waals surface area contributed by atoms with Gasteiger partial charge in [0.05, 0.1) is 5.02 Å². The first-order valence-electron chi connectivity index (χ1n) is 6.42. The van der Waals surface area contributed by atoms with Gasteiger partial charge in [-0.25, -0.2) is 0 Å². The summed E-state index contributed by atoms with van der Waals surface area (Å²) in [4.78, 5) is 12.1. The van der Waals surface area contributed by atoms with E-state index in [0.717, 1.165) is 15.4 Å². The first-order valence-corrected chi connectivity index (χ1v) is 7.59. The molecule has 3 rings (SSSR count). The second-order valence-electron chi connectivity index (χ2n) is 4.68. The Labute approximate surface area is 135 Å². The van der Waals surface area contributed by atoms with Crippen LogP contribution in [0.25, 0.3) is 10.9 Å². The number of halogens is 2. The quantitative estimate of drug-likeness (QED) is 0.719. The summed E-state index contributed by atoms with van der Waals surface area (Å²) >= 11 is 9.34. The third-order valence-electron chi connectivity index (χ3n) is 3.20. The fourth-order valence-electron chi connectivity index (χ4n) is 2.21. The Morgan fingerprint density at radius 1 is 1.19 bits per heavy atom. The van der Waals surface area contributed by atoms with Gasteiger partial charge in [-0.3, -0.25) is 4.79 Å². The number of carbonyl (C=O) groups excluding carboxylic acids is 1. The number of aromatic nitrogens is 1. The van der Waals surface area contributed by atoms with E-state index < -0.39 is 0 Å². The molecule has 0 saturated carbocycles. The Morgan fingerprint density at radius 3 is 2.81 bits per heavy atom. The standard InChI is InChI=1S/C16H12BrClN2O/c17-13-6-5-12(9-14(13)18)19-16(21)10-20-8-7-11-3-1-2-4-15(11)20/h1-9H,10H2,(H,19,21). The first kappa shape index (κ1) is 14.2. The van der Waals surface area contributed by atoms with E-state index in [-0.39, 0.29) is 12.5 Å². The van der Waals surface area contributed by atoms with Gasteiger partial charge in [-0.2, -0.15) is 0 Å². The van der Waals surface area contributed by atoms with Gasteiger partial charge >= 0.3 is 0 Å². The van der Waals surface area contributed by atoms with Crippen molar-refractivity contribution in [3.05, 3.63) is 64.2 Å². The molecule has 0 unspecified atom stereocenters. The Kier molecular flexibility index (Phi) is 3.99. The molecular weight excluding hydrogens is 352 g/mol. The molecule has 0 aliphatic rings. The minimum absolute atomic E-state index is 0.0882. The number of hydrogen-bond acceptors (Lipinski definition) is 1. The van der Waals surface area contributed by atoms with Crippen LogP contribution in [0.2, 0.25) is 5.02 Å². The van der Waals surface area contributed by atoms with Crippen molar-refractivity contribution in [1.82, 2.24) is 4.57 Å². The lowest BCUT2D eigenvalue weighted by Crippen LogP contribution is -2.18. The summed E-state index contributed by atoms with van der Waals surface area (Å²) in [5.41, 5.74) is 1.73. The Bertz CT molecular complexity index is 813. The summed E-state index contributed by atoms with van der Waals surface area (Å²) in [6, 6.07) is 15.3. The average Bonchev–Trinajstić information content (AvgIpc) is 2.86. The van der Waals surface area contributed by atoms with Crippen LogP contribution in [-0.4, -0.2) is 10.5 Å². The molecule has 21 heavy (non-hydrogen) atoms. The monoisotopic (exact) mass is 362 g/mol. The molecule has 3 aromatic rings. The van der Waals surface area contributed by atoms with Crippen LogP contribution in [0.4, 0.5) is 5.69 Å². The van der Waals surface area contributed by atoms with Crippen LogP contribution in [0.15, 0.2) is 59.2 Å². The number of fused-ring (bicyclic) bond motifs is 1. The highest BCUT2D eigenvalue weighted by atomic mass is 79.9. The molecule has 1 amide bonds. The fraction of sp³-hybridized carbons (Fsp3) is 0.0625. The normalized spacial score (nSPS) is 10.8. The third-order valence-corrected chi connectivity index (χ3v) is 4.43. The molecule has 0 aliphatic heterocycles. The number of anilines is 1. The average molecular weight is 364 g/mol. The molecule has 2 aromatic carbocycles. The molecule has 3 nitrogen and oxygen atoms in total. The fourth-order valence-corrected chi connectivity index (χ4v) is 2.63. The molecule has 1 heterocycles. The number of amides is 1. The largest absolute Gasteiger partial charge is 0.338 e. The lowest BCUT2D eigenvalue weighted by molar-refractivity contribution is -0.116. The maximum Gasteiger partial charge on any atom is 0.244 e. The van der Waals surface area contributed by atoms with Crippen LogP contribution in [0.3, 0.4) is 0 Å². The van der Waals surface area contributed by atoms with Gasteiger partial charge < -0.3 is 9.88 Å². The van der Waals surface area contributed by atoms with Gasteiger partial charge in [0.25, 0.3) is 0 Å². The second-order valence-corrected chi connectivity index (χ2v) is 5.94. The molecule has 0 spiro atoms. The van der Waals surface area contributed by atoms with Crippen molar-refractivity contribution in [1.29, 1.82) is 0 Å². The molecule has 106 valence electrons. The minimum Gasteiger partial charge on any atom is -0.338 e. The number of para-hydroxylation sites is 1. The highest BCUT2D eigenvalue weighted by molar-refractivity contribution is 9.10. The maximum absolute atomic E-state index is 12.1. The van der Waals surface area contributed by atoms with Crippen molar-refractivity contribution >= 4 is 50.0 Å². The van der Waals surface area contributed by atoms with E-state index in [0.29, 0.717) is 10.7 Å². The molecular formula is C16H12BrClN2O. The van der Waals surface area contributed by atoms with E-state index in [2.05, 4.69) is 21.2 Å². The van der Waals surface area contributed by atoms with Gasteiger partial charge in [-0.15, -0.1) is 0 Å². The Balaban J connectivity index is 1.75. The molecule has 0 fully saturated rings. The predicted molar refractivity (Wildman–Crippen MR) is 89.7 cm³/mol. The van der Waals surface area contributed by atoms with E-state index in [1.165, 1.54) is 0 Å². The van der Waals surface area contributed by atoms with Crippen molar-refractivity contribution < 1.29 is 4.79 Å². The Hall–Kier alpha value is -1.78. The number of benzene rings is 2. The zero-order valence-corrected chi connectivity index (χ0v) is 13.4. The zero-order valence-electron chi connectivity index (χ0n) is 11.0. The second kappa shape index (κ2) is 5.92. The number of carbonyl (C=O) groups is 1. The molecule has 0 saturated heterocycles. The molecule has 1 N–H and O–H groups in total. The van der Waals surface area contributed by atoms with Gasteiger partial charge in [0.2, 0.25) is 5.91 Å². The van der Waals surface area contributed by atoms with Gasteiger partial charge in [-0.1, -0.05) is 29.8 Å². The van der Waals surface area contributed by atoms with Crippen LogP contribution in [0.1, 0.15) is 0 Å². The molecule has 0 aliphatic carbocycles. The van der Waals surface area contributed by atoms with Crippen molar-refractivity contribution in [3.8, 4) is 0 Å². The van der Waals surface area contributed by atoms with Crippen LogP contribution < -0.4 is 5.32 Å². The molecule has 0 radical (unpaired) electrons. The summed E-state index contributed by atoms with van der Waals surface area (Å²) in [7, 11) is 0. The van der Waals surface area contributed by atoms with Crippen LogP contribution in [0.5, 0.6) is 0 Å². The van der Waals surface area contributed by atoms with E-state index >= 15 is 0 Å². The van der Waals surface area contributed by atoms with Gasteiger partial charge in [-0.05, 0) is 51.6 Å². The summed E-state index contributed by atoms with van der Waals surface area (Å²) in [5, 5.41) is 4.54. The van der Waals surface area contributed by atoms with E-state index in [1.54, 1.807) is 6.07 Å². The van der Waals surface area contributed by atoms with Crippen molar-refractivity contribution in [3.63, 3.8) is 0 Å². The Morgan fingerprint density at radius 2 is 2.00 bits per heavy atom. The molecule has 0 atom stereocenters. The van der Waals surface area contributed by atoms with Gasteiger partial charge in [0.1, 0.15) is 6.54 Å². The topological polar surface area (TPSA) is 34.0 Å². The SMILES string of the molecule is O=C(Cn1ccc2ccccc21)Nc1ccc(Br)c(Cl)c1. The highest BCUT2D eigenvalue weighted by Crippen LogP contribution is 2.25. The van der Waals surface area contributed by atoms with Crippen molar-refractivity contribution in [2.75, 3.05) is 5.32 Å². The number of nitrogens with zero attached hydrogens (tertiary/aromatic N) is 1. The third kappa shape index (κ3) is 3.12. The van der Waals surface area contributed by atoms with Gasteiger partial charge in [0.15, 0.2) is 0 Å². The molecule has 1 aromatic heterocycles. The predicted octanol–water partition coefficient (Wildman–Crippen LogP) is 4.70. The zero-order chi connectivity index (χ0) is 14.8. The van der Waals surface area contributed by atoms with E-state index in [1.807, 2.05) is 53.2 Å². The summed E-state index contributed by atoms with van der Waals surface area (Å²) < 4.78 is 2.73. The minimum atomic E-state index is -0.0882. The number of hydrogen-bond donors (Lipinski definition) is 1. The smallest absolute Gasteiger partial charge is 0.244 e. The number of nitrogens with one attached hydrogen (secondary N) is 1. The summed E-state index contributed by atoms with van der Waals surface area (Å²) in [5.74, 6) is -0.0882. The number of rotatable bonds is 3. The van der Waals surface area contributed by atoms with Crippen LogP contribution >= 0.6 is 27.5 Å². The lowest BCUT2D eigenvalue weighted by Gasteiger charge is -2.08. The highest BCUT2D eigenvalue weighted by Gasteiger charge is 2.07. The summed E-state index contributed by atoms with van der Waals surface area (Å²) in [6.45, 7) is 0.265. The molecule has 0 bridgehead atoms. The maximum atomic E-state index is 12.1. The van der Waals surface area contributed by atoms with Crippen LogP contribution in [0, 0.1) is 0 Å². The van der Waals surface area contributed by atoms with Gasteiger partial charge in [0, 0.05) is 21.9 Å². The van der Waals surface area contributed by atoms with Crippen molar-refractivity contribution in [2.45, 2.75) is 6.54 Å². The van der Waals surface area contributed by atoms with Crippen molar-refractivity contribution in [2.24, 2.45) is 0 Å². The summed E-state index contributed by atoms with van der Waals surface area (Å²) in [6.07, 6.45) is 1.92. The first-order chi connectivity index (χ1) is 10.1. The lowest BCUT2D eigenvalue weighted by atomic mass is 10.2. The van der Waals surface area contributed by atoms with E-state index in [9.17, 15) is 4.79 Å². The van der Waals surface area contributed by atoms with Crippen LogP contribution in [-0.2, 0) is 11.3 Å².